The van der Waals surface area contributed by atoms with Gasteiger partial charge < -0.3 is 15.1 Å². The summed E-state index contributed by atoms with van der Waals surface area (Å²) in [6.45, 7) is 16.9. The van der Waals surface area contributed by atoms with E-state index < -0.39 is 48.5 Å². The molecule has 13 aromatic carbocycles. The van der Waals surface area contributed by atoms with Gasteiger partial charge in [-0.3, -0.25) is 4.79 Å². The first kappa shape index (κ1) is 66.9. The van der Waals surface area contributed by atoms with Crippen molar-refractivity contribution in [1.29, 1.82) is 0 Å². The summed E-state index contributed by atoms with van der Waals surface area (Å²) >= 11 is 0. The van der Waals surface area contributed by atoms with Crippen molar-refractivity contribution < 1.29 is 74.8 Å². The van der Waals surface area contributed by atoms with Crippen molar-refractivity contribution >= 4 is 76.5 Å². The molecule has 1 aliphatic carbocycles. The Balaban J connectivity index is 0.000000112. The van der Waals surface area contributed by atoms with Crippen LogP contribution in [0.2, 0.25) is 0 Å². The zero-order valence-corrected chi connectivity index (χ0v) is 69.1. The molecule has 0 unspecified atom stereocenters. The van der Waals surface area contributed by atoms with Crippen LogP contribution in [0, 0.1) is 32.9 Å². The summed E-state index contributed by atoms with van der Waals surface area (Å²) in [6.07, 6.45) is 9.24. The molecule has 0 saturated carbocycles. The molecule has 0 bridgehead atoms. The monoisotopic (exact) mass is 1860 g/mol. The van der Waals surface area contributed by atoms with Crippen molar-refractivity contribution in [2.45, 2.75) is 73.5 Å². The minimum atomic E-state index is -0.526. The Morgan fingerprint density at radius 2 is 1.18 bits per heavy atom. The van der Waals surface area contributed by atoms with Crippen LogP contribution in [-0.2, 0) is 70.1 Å². The van der Waals surface area contributed by atoms with Crippen LogP contribution in [0.4, 0.5) is 0 Å². The second-order valence-corrected chi connectivity index (χ2v) is 29.6. The molecule has 3 aliphatic heterocycles. The molecular formula is C103H83Ir2N8O2+. The quantitative estimate of drug-likeness (QED) is 0.0611. The zero-order valence-electron chi connectivity index (χ0n) is 72.4. The number of ketones is 1. The molecular weight excluding hydrogens is 1770 g/mol. The van der Waals surface area contributed by atoms with Crippen LogP contribution in [0.1, 0.15) is 83.2 Å². The number of aliphatic hydroxyl groups is 1. The normalized spacial score (nSPS) is 13.4. The number of aliphatic hydroxyl groups excluding tert-OH is 1. The topological polar surface area (TPSA) is 89.0 Å². The predicted molar refractivity (Wildman–Crippen MR) is 459 cm³/mol. The Labute approximate surface area is 707 Å². The minimum Gasteiger partial charge on any atom is -0.512 e. The van der Waals surface area contributed by atoms with Gasteiger partial charge >= 0.3 is 0 Å². The van der Waals surface area contributed by atoms with Crippen LogP contribution in [0.25, 0.3) is 139 Å². The maximum atomic E-state index is 10.0. The van der Waals surface area contributed by atoms with Gasteiger partial charge in [-0.15, -0.1) is 71.2 Å². The third-order valence-electron chi connectivity index (χ3n) is 22.0. The summed E-state index contributed by atoms with van der Waals surface area (Å²) in [5, 5.41) is 20.1. The number of nitrogens with zero attached hydrogens (tertiary/aromatic N) is 8. The Morgan fingerprint density at radius 3 is 1.95 bits per heavy atom. The van der Waals surface area contributed by atoms with Gasteiger partial charge in [0.1, 0.15) is 55.1 Å². The Bertz CT molecular complexity index is 7440. The second-order valence-electron chi connectivity index (χ2n) is 29.6. The maximum absolute atomic E-state index is 10.0. The predicted octanol–water partition coefficient (Wildman–Crippen LogP) is 22.5. The SMILES string of the molecule is CC(=O)C=C(C)O.CC1(C)c2ccc[c-]c2-c2nccc3cccc1c23.Cc1ccc2c(c1)c1cccc3c1c1n2c(-c2c(C)cccc2C)c[n+]1C3.[2H]c1[c-]c(-c2nc([2H])c([2H])c([2H])c2[2H])c([2H])c([2H])c1[2H].[Ir].[Ir].c1ccc2c(c1)C[n+]1c-2n(-c2cccc3ccccc23)c2ccccc21.c1ccc2c(c1)C[n+]1ccn(-c3cccc4ccccc34)c1-2. The number of hydrogen-bond donors (Lipinski definition) is 1. The molecule has 12 heteroatoms. The second kappa shape index (κ2) is 32.1. The zero-order chi connectivity index (χ0) is 84.0. The minimum absolute atomic E-state index is 0. The van der Waals surface area contributed by atoms with E-state index in [-0.39, 0.29) is 68.4 Å². The van der Waals surface area contributed by atoms with Crippen molar-refractivity contribution in [3.63, 3.8) is 0 Å². The van der Waals surface area contributed by atoms with E-state index in [1.54, 1.807) is 0 Å². The fourth-order valence-corrected chi connectivity index (χ4v) is 17.1. The molecule has 2 radical (unpaired) electrons. The summed E-state index contributed by atoms with van der Waals surface area (Å²) in [6, 6.07) is 93.9. The average Bonchev–Trinajstić information content (AvgIpc) is 1.61. The first-order valence-electron chi connectivity index (χ1n) is 42.0. The van der Waals surface area contributed by atoms with Gasteiger partial charge in [-0.2, -0.15) is 13.5 Å². The molecule has 564 valence electrons. The maximum Gasteiger partial charge on any atom is 0.295 e. The summed E-state index contributed by atoms with van der Waals surface area (Å²) < 4.78 is 74.8. The van der Waals surface area contributed by atoms with Crippen LogP contribution in [0.15, 0.2) is 340 Å². The van der Waals surface area contributed by atoms with E-state index in [1.165, 1.54) is 181 Å². The number of allylic oxidation sites excluding steroid dienone is 2. The van der Waals surface area contributed by atoms with Crippen LogP contribution >= 0.6 is 0 Å². The molecule has 10 nitrogen and oxygen atoms in total. The van der Waals surface area contributed by atoms with Crippen LogP contribution < -0.4 is 13.7 Å². The number of imidazole rings is 3. The number of fused-ring (bicyclic) bond motifs is 15. The standard InChI is InChI=1S/C25H21N2.C24H17N2.C20H15N2.C18H14N.C11H8N.C5H8O2.2Ir/c1-15-10-11-21-20(12-15)19-9-5-8-18-13-26-14-22(27(21)25(26)24(18)19)23-16(2)6-4-7-17(23)3;1-3-11-19-17(8-1)10-7-15-21(19)26-23-14-6-5-13-22(23)25-16-18-9-2-4-12-20(18)24(25)26;1-3-9-17-15(6-1)8-5-11-19(17)22-13-12-21-14-16-7-2-4-10-18(16)20(21)22;1-18(2)14-8-4-3-7-13(14)17-16-12(10-11-19-17)6-5-9-15(16)18;1-2-6-10(7-3-1)11-8-4-5-9-12-11;1-4(6)3-5(2)7;;/h4-12,14H,13H2,1-3H3;1-15H,16H2;1-13H,14H2;3-6,8-11H,1-2H3;1-6,8-9H;3,6H,1-2H3;;/q3*+1;2*-1;;;/i;;;;1D,2D,3D,4D,5D,6D,8D,9D;;;. The van der Waals surface area contributed by atoms with E-state index in [0.29, 0.717) is 0 Å². The van der Waals surface area contributed by atoms with Crippen molar-refractivity contribution in [2.75, 3.05) is 0 Å². The van der Waals surface area contributed by atoms with Gasteiger partial charge in [-0.1, -0.05) is 213 Å². The molecule has 4 aliphatic rings. The van der Waals surface area contributed by atoms with Crippen LogP contribution in [0.3, 0.4) is 0 Å². The number of carbonyl (C=O) groups excluding carboxylic acids is 1. The number of pyridine rings is 3. The summed E-state index contributed by atoms with van der Waals surface area (Å²) in [5.41, 5.74) is 25.6. The van der Waals surface area contributed by atoms with E-state index in [0.717, 1.165) is 30.9 Å². The van der Waals surface area contributed by atoms with Gasteiger partial charge in [0.2, 0.25) is 0 Å². The summed E-state index contributed by atoms with van der Waals surface area (Å²) in [5.74, 6) is 2.48. The van der Waals surface area contributed by atoms with Gasteiger partial charge in [0.05, 0.1) is 27.8 Å². The molecule has 9 heterocycles. The molecule has 23 rings (SSSR count). The van der Waals surface area contributed by atoms with Crippen molar-refractivity contribution in [3.05, 3.63) is 397 Å². The molecule has 0 amide bonds. The number of carbonyl (C=O) groups is 1. The Hall–Kier alpha value is -12.7. The van der Waals surface area contributed by atoms with Crippen molar-refractivity contribution in [3.8, 4) is 67.9 Å². The Kier molecular flexibility index (Phi) is 18.7. The average molecular weight is 1860 g/mol. The molecule has 115 heavy (non-hydrogen) atoms. The number of aryl methyl sites for hydroxylation is 3. The van der Waals surface area contributed by atoms with Gasteiger partial charge in [0.15, 0.2) is 22.5 Å². The van der Waals surface area contributed by atoms with Gasteiger partial charge in [0.25, 0.3) is 17.3 Å². The van der Waals surface area contributed by atoms with Crippen molar-refractivity contribution in [1.82, 2.24) is 23.5 Å². The van der Waals surface area contributed by atoms with E-state index in [4.69, 9.17) is 16.1 Å². The molecule has 0 saturated heterocycles. The largest absolute Gasteiger partial charge is 0.512 e. The fourth-order valence-electron chi connectivity index (χ4n) is 17.1. The Morgan fingerprint density at radius 1 is 0.557 bits per heavy atom. The fraction of sp³-hybridized carbons (Fsp3) is 0.107. The molecule has 0 fully saturated rings. The van der Waals surface area contributed by atoms with E-state index >= 15 is 0 Å². The van der Waals surface area contributed by atoms with E-state index in [2.05, 4.69) is 351 Å². The van der Waals surface area contributed by atoms with E-state index in [9.17, 15) is 4.79 Å². The summed E-state index contributed by atoms with van der Waals surface area (Å²) in [4.78, 5) is 18.3. The van der Waals surface area contributed by atoms with Gasteiger partial charge in [-0.05, 0) is 153 Å². The molecule has 6 aromatic heterocycles. The van der Waals surface area contributed by atoms with Crippen LogP contribution in [-0.4, -0.2) is 34.4 Å². The molecule has 0 atom stereocenters. The summed E-state index contributed by atoms with van der Waals surface area (Å²) in [7, 11) is 0. The first-order chi connectivity index (χ1) is 58.5. The smallest absolute Gasteiger partial charge is 0.295 e. The van der Waals surface area contributed by atoms with Gasteiger partial charge in [0, 0.05) is 105 Å². The molecule has 0 spiro atoms. The molecule has 19 aromatic rings. The van der Waals surface area contributed by atoms with E-state index in [1.807, 2.05) is 12.3 Å². The van der Waals surface area contributed by atoms with Crippen LogP contribution in [0.5, 0.6) is 0 Å². The third-order valence-corrected chi connectivity index (χ3v) is 22.0. The number of hydrogen-bond acceptors (Lipinski definition) is 4. The number of rotatable bonds is 5. The third kappa shape index (κ3) is 14.0. The number of para-hydroxylation sites is 2. The molecule has 1 N–H and O–H groups in total. The number of benzene rings is 13. The first-order valence-corrected chi connectivity index (χ1v) is 38.0. The van der Waals surface area contributed by atoms with Gasteiger partial charge in [-0.25, -0.2) is 13.7 Å². The van der Waals surface area contributed by atoms with Crippen molar-refractivity contribution in [2.24, 2.45) is 0 Å². The number of aromatic nitrogens is 8.